The maximum absolute atomic E-state index is 13.0. The van der Waals surface area contributed by atoms with E-state index in [1.807, 2.05) is 140 Å². The Morgan fingerprint density at radius 1 is 0.518 bits per heavy atom. The lowest BCUT2D eigenvalue weighted by molar-refractivity contribution is 0.0117. The highest BCUT2D eigenvalue weighted by molar-refractivity contribution is 7.88. The van der Waals surface area contributed by atoms with Gasteiger partial charge in [-0.25, -0.2) is 37.8 Å². The highest BCUT2D eigenvalue weighted by atomic mass is 35.5. The highest BCUT2D eigenvalue weighted by Gasteiger charge is 2.40. The second-order valence-corrected chi connectivity index (χ2v) is 33.0. The molecule has 10 aromatic rings. The van der Waals surface area contributed by atoms with Gasteiger partial charge in [-0.15, -0.1) is 0 Å². The van der Waals surface area contributed by atoms with Gasteiger partial charge in [0.1, 0.15) is 5.60 Å². The van der Waals surface area contributed by atoms with Gasteiger partial charge in [0.15, 0.2) is 5.69 Å². The summed E-state index contributed by atoms with van der Waals surface area (Å²) in [4.78, 5) is 67.1. The summed E-state index contributed by atoms with van der Waals surface area (Å²) in [5, 5.41) is 4.86. The van der Waals surface area contributed by atoms with Crippen molar-refractivity contribution in [3.05, 3.63) is 282 Å². The third-order valence-corrected chi connectivity index (χ3v) is 23.4. The van der Waals surface area contributed by atoms with Crippen LogP contribution in [0.3, 0.4) is 0 Å². The molecule has 0 radical (unpaired) electrons. The Labute approximate surface area is 667 Å². The summed E-state index contributed by atoms with van der Waals surface area (Å²) in [5.41, 5.74) is 38.8. The van der Waals surface area contributed by atoms with Gasteiger partial charge < -0.3 is 50.8 Å². The summed E-state index contributed by atoms with van der Waals surface area (Å²) in [6, 6.07) is 35.0. The van der Waals surface area contributed by atoms with Gasteiger partial charge >= 0.3 is 12.1 Å². The molecule has 6 aromatic heterocycles. The Kier molecular flexibility index (Phi) is 23.3. The van der Waals surface area contributed by atoms with E-state index in [9.17, 15) is 18.0 Å². The number of amides is 3. The molecule has 6 aliphatic rings. The number of nitrogens with zero attached hydrogens (tertiary/aromatic N) is 16. The molecule has 29 heteroatoms. The van der Waals surface area contributed by atoms with Crippen LogP contribution in [-0.2, 0) is 35.9 Å². The standard InChI is InChI=1S/C31H29ClN8O.C28H33ClN6O2.C24H27ClN6O2S/c1-34-22-6-8-23(9-7-22)37-31(41)40-14-12-39(13-15-40)30-24-10-5-21(32)17-25(24)26(16-20-4-3-11-36-29(20)30)28(33)27-18-35-19-38(27)2;1-28(2,3)37-27(36)35-12-10-34(11-13-35)26-20-8-7-19(29)15-21(20)22(14-18-6-5-9-32-25(18)26)24(30)23-16-31-17-33(23)4;1-29-15-27-14-21(29)22(26)20-12-16-4-3-7-28-23(16)24(18-6-5-17(25)13-19(18)20)30-8-10-31(11-9-30)34(2,32)33/h3-11,16-19,28,30H,12-15,33H2,2H3,(H,37,41);5-9,14-17,24,26H,10-13,30H2,1-4H3;3-7,12-15,22,24H,8-11,26H2,1-2H3/t28?,30-;24?,26-;22?,24-/m000/s1. The molecule has 7 N–H and O–H groups in total. The zero-order valence-electron chi connectivity index (χ0n) is 63.3. The first kappa shape index (κ1) is 78.4. The van der Waals surface area contributed by atoms with Gasteiger partial charge in [0.05, 0.1) is 121 Å². The fraction of sp³-hybridized carbons (Fsp3) is 0.313. The molecular formula is C83H89Cl3N20O5S. The third-order valence-electron chi connectivity index (χ3n) is 21.4. The van der Waals surface area contributed by atoms with E-state index in [0.717, 1.165) is 101 Å². The van der Waals surface area contributed by atoms with E-state index in [0.29, 0.717) is 105 Å². The number of ether oxygens (including phenoxy) is 1. The van der Waals surface area contributed by atoms with Crippen LogP contribution in [0.15, 0.2) is 171 Å². The average Bonchev–Trinajstić information content (AvgIpc) is 1.60. The fourth-order valence-corrected chi connectivity index (χ4v) is 17.1. The first-order valence-corrected chi connectivity index (χ1v) is 40.0. The summed E-state index contributed by atoms with van der Waals surface area (Å²) < 4.78 is 37.1. The number of hydrogen-bond donors (Lipinski definition) is 4. The number of nitrogens with two attached hydrogens (primary N) is 3. The summed E-state index contributed by atoms with van der Waals surface area (Å²) in [6.45, 7) is 19.8. The largest absolute Gasteiger partial charge is 0.444 e. The minimum absolute atomic E-state index is 0.114. The van der Waals surface area contributed by atoms with Crippen molar-refractivity contribution in [2.24, 2.45) is 38.3 Å². The van der Waals surface area contributed by atoms with E-state index >= 15 is 0 Å². The summed E-state index contributed by atoms with van der Waals surface area (Å²) in [6.07, 6.45) is 23.4. The number of halogens is 3. The number of aromatic nitrogens is 9. The van der Waals surface area contributed by atoms with Gasteiger partial charge in [0, 0.05) is 139 Å². The van der Waals surface area contributed by atoms with Crippen LogP contribution in [0.5, 0.6) is 0 Å². The number of carbonyl (C=O) groups is 2. The van der Waals surface area contributed by atoms with Crippen molar-refractivity contribution in [2.75, 3.05) is 90.1 Å². The number of pyridine rings is 3. The molecule has 3 aliphatic heterocycles. The van der Waals surface area contributed by atoms with Crippen molar-refractivity contribution in [3.8, 4) is 0 Å². The molecule has 4 aromatic carbocycles. The summed E-state index contributed by atoms with van der Waals surface area (Å²) in [5.74, 6) is 0. The molecule has 9 heterocycles. The van der Waals surface area contributed by atoms with E-state index < -0.39 is 33.7 Å². The lowest BCUT2D eigenvalue weighted by atomic mass is 9.90. The van der Waals surface area contributed by atoms with Gasteiger partial charge in [-0.2, -0.15) is 4.31 Å². The van der Waals surface area contributed by atoms with Crippen LogP contribution in [0.1, 0.15) is 141 Å². The molecule has 0 saturated carbocycles. The molecule has 112 heavy (non-hydrogen) atoms. The molecule has 3 aliphatic carbocycles. The van der Waals surface area contributed by atoms with Crippen LogP contribution in [0.4, 0.5) is 21.0 Å². The van der Waals surface area contributed by atoms with Gasteiger partial charge in [0.2, 0.25) is 10.0 Å². The van der Waals surface area contributed by atoms with Gasteiger partial charge in [-0.3, -0.25) is 29.7 Å². The van der Waals surface area contributed by atoms with E-state index in [-0.39, 0.29) is 30.2 Å². The Balaban J connectivity index is 0.000000140. The van der Waals surface area contributed by atoms with Crippen molar-refractivity contribution < 1.29 is 22.7 Å². The quantitative estimate of drug-likeness (QED) is 0.0875. The van der Waals surface area contributed by atoms with Crippen LogP contribution in [0.25, 0.3) is 39.8 Å². The Morgan fingerprint density at radius 3 is 1.19 bits per heavy atom. The third kappa shape index (κ3) is 16.8. The molecule has 6 atom stereocenters. The number of hydrogen-bond acceptors (Lipinski definition) is 17. The number of benzene rings is 4. The predicted octanol–water partition coefficient (Wildman–Crippen LogP) is 12.9. The highest BCUT2D eigenvalue weighted by Crippen LogP contribution is 2.48. The van der Waals surface area contributed by atoms with Crippen LogP contribution >= 0.6 is 34.8 Å². The topological polar surface area (TPSA) is 284 Å². The number of carbonyl (C=O) groups excluding carboxylic acids is 2. The summed E-state index contributed by atoms with van der Waals surface area (Å²) >= 11 is 19.6. The first-order valence-electron chi connectivity index (χ1n) is 37.0. The molecular weight excluding hydrogens is 1500 g/mol. The molecule has 25 nitrogen and oxygen atoms in total. The first-order chi connectivity index (χ1) is 53.8. The molecule has 16 rings (SSSR count). The van der Waals surface area contributed by atoms with E-state index in [1.54, 1.807) is 72.9 Å². The second kappa shape index (κ2) is 33.2. The van der Waals surface area contributed by atoms with Gasteiger partial charge in [-0.05, 0) is 173 Å². The SMILES string of the molecule is Cn1cncc1C(N)C1=Cc2cccnc2[C@@H](N2CCN(C(=O)OC(C)(C)C)CC2)c2ccc(Cl)cc21.Cn1cncc1C(N)C1=Cc2cccnc2[C@@H](N2CCN(S(C)(=O)=O)CC2)c2ccc(Cl)cc21.[C-]#[N+]c1ccc(NC(=O)N2CCN([C@H]3c4ccc(Cl)cc4C(C(N)c4cncn4C)=Cc4cccnc43)CC2)cc1. The molecule has 3 fully saturated rings. The fourth-order valence-electron chi connectivity index (χ4n) is 15.7. The number of rotatable bonds is 11. The lowest BCUT2D eigenvalue weighted by Crippen LogP contribution is -2.51. The molecule has 3 saturated heterocycles. The van der Waals surface area contributed by atoms with Gasteiger partial charge in [-0.1, -0.05) is 83.3 Å². The van der Waals surface area contributed by atoms with Crippen LogP contribution < -0.4 is 22.5 Å². The Morgan fingerprint density at radius 2 is 0.866 bits per heavy atom. The minimum atomic E-state index is -3.22. The Bertz CT molecular complexity index is 5410. The molecule has 0 bridgehead atoms. The summed E-state index contributed by atoms with van der Waals surface area (Å²) in [7, 11) is 2.59. The van der Waals surface area contributed by atoms with Crippen molar-refractivity contribution >= 4 is 103 Å². The van der Waals surface area contributed by atoms with Crippen molar-refractivity contribution in [2.45, 2.75) is 62.6 Å². The zero-order chi connectivity index (χ0) is 78.9. The zero-order valence-corrected chi connectivity index (χ0v) is 66.4. The number of nitrogens with one attached hydrogen (secondary N) is 1. The monoisotopic (exact) mass is 1580 g/mol. The van der Waals surface area contributed by atoms with Crippen LogP contribution in [0, 0.1) is 6.57 Å². The molecule has 578 valence electrons. The number of sulfonamides is 1. The van der Waals surface area contributed by atoms with Crippen molar-refractivity contribution in [1.29, 1.82) is 0 Å². The second-order valence-electron chi connectivity index (χ2n) is 29.7. The molecule has 0 spiro atoms. The number of fused-ring (bicyclic) bond motifs is 6. The number of aryl methyl sites for hydroxylation is 3. The Hall–Kier alpha value is -10.3. The predicted molar refractivity (Wildman–Crippen MR) is 439 cm³/mol. The number of anilines is 1. The van der Waals surface area contributed by atoms with Crippen LogP contribution in [-0.4, -0.2) is 183 Å². The smallest absolute Gasteiger partial charge is 0.410 e. The van der Waals surface area contributed by atoms with Crippen molar-refractivity contribution in [3.63, 3.8) is 0 Å². The lowest BCUT2D eigenvalue weighted by Gasteiger charge is -2.40. The van der Waals surface area contributed by atoms with E-state index in [2.05, 4.69) is 82.3 Å². The number of piperazine rings is 3. The van der Waals surface area contributed by atoms with E-state index in [4.69, 9.17) is 78.3 Å². The molecule has 3 unspecified atom stereocenters. The van der Waals surface area contributed by atoms with Crippen molar-refractivity contribution in [1.82, 2.24) is 72.4 Å². The maximum Gasteiger partial charge on any atom is 0.410 e. The maximum atomic E-state index is 13.0. The minimum Gasteiger partial charge on any atom is -0.444 e. The van der Waals surface area contributed by atoms with Gasteiger partial charge in [0.25, 0.3) is 0 Å². The number of urea groups is 1. The normalized spacial score (nSPS) is 18.8. The van der Waals surface area contributed by atoms with E-state index in [1.165, 1.54) is 10.6 Å². The van der Waals surface area contributed by atoms with Crippen LogP contribution in [0.2, 0.25) is 15.1 Å². The molecule has 3 amide bonds. The average molecular weight is 1590 g/mol. The number of imidazole rings is 3.